The highest BCUT2D eigenvalue weighted by Gasteiger charge is 2.64. The largest absolute Gasteiger partial charge is 0.508 e. The Kier molecular flexibility index (Phi) is 13.8. The summed E-state index contributed by atoms with van der Waals surface area (Å²) in [6.45, 7) is 6.80. The highest BCUT2D eigenvalue weighted by Crippen LogP contribution is 2.63. The molecule has 12 nitrogen and oxygen atoms in total. The number of rotatable bonds is 16. The highest BCUT2D eigenvalue weighted by atomic mass is 16.6. The number of nitrogens with zero attached hydrogens (tertiary/aromatic N) is 4. The fourth-order valence-electron chi connectivity index (χ4n) is 10.7. The second-order valence-electron chi connectivity index (χ2n) is 18.6. The van der Waals surface area contributed by atoms with E-state index in [9.17, 15) is 19.8 Å². The number of benzene rings is 2. The van der Waals surface area contributed by atoms with Crippen LogP contribution >= 0.6 is 0 Å². The van der Waals surface area contributed by atoms with E-state index >= 15 is 0 Å². The summed E-state index contributed by atoms with van der Waals surface area (Å²) in [6.07, 6.45) is 12.7. The molecule has 2 aromatic carbocycles. The van der Waals surface area contributed by atoms with Gasteiger partial charge in [0.2, 0.25) is 0 Å². The molecule has 6 rings (SSSR count). The van der Waals surface area contributed by atoms with Gasteiger partial charge in [-0.1, -0.05) is 48.4 Å². The summed E-state index contributed by atoms with van der Waals surface area (Å²) in [7, 11) is 7.96. The molecule has 8 atom stereocenters. The van der Waals surface area contributed by atoms with Crippen molar-refractivity contribution < 1.29 is 39.0 Å². The minimum Gasteiger partial charge on any atom is -0.508 e. The van der Waals surface area contributed by atoms with Crippen LogP contribution in [0.1, 0.15) is 89.2 Å². The lowest BCUT2D eigenvalue weighted by molar-refractivity contribution is -0.209. The predicted octanol–water partition coefficient (Wildman–Crippen LogP) is 7.01. The third kappa shape index (κ3) is 9.65. The van der Waals surface area contributed by atoms with Gasteiger partial charge in [0.15, 0.2) is 0 Å². The summed E-state index contributed by atoms with van der Waals surface area (Å²) >= 11 is 0. The number of ether oxygens (including phenoxy) is 2. The number of phenolic OH excluding ortho intramolecular Hbond substituents is 2. The molecule has 4 aliphatic carbocycles. The highest BCUT2D eigenvalue weighted by molar-refractivity contribution is 6.30. The van der Waals surface area contributed by atoms with Gasteiger partial charge in [-0.25, -0.2) is 9.59 Å². The lowest BCUT2D eigenvalue weighted by Gasteiger charge is -2.52. The van der Waals surface area contributed by atoms with Crippen LogP contribution in [0.2, 0.25) is 0 Å². The molecule has 0 amide bonds. The predicted molar refractivity (Wildman–Crippen MR) is 224 cm³/mol. The zero-order valence-corrected chi connectivity index (χ0v) is 35.5. The Morgan fingerprint density at radius 1 is 0.638 bits per heavy atom. The maximum Gasteiger partial charge on any atom is 0.418 e. The molecule has 4 saturated carbocycles. The number of fused-ring (bicyclic) bond motifs is 2. The minimum atomic E-state index is -0.933. The fourth-order valence-corrected chi connectivity index (χ4v) is 10.7. The van der Waals surface area contributed by atoms with Crippen LogP contribution in [0.5, 0.6) is 11.5 Å². The number of carbonyl (C=O) groups excluding carboxylic acids is 2. The summed E-state index contributed by atoms with van der Waals surface area (Å²) in [6, 6.07) is 14.6. The van der Waals surface area contributed by atoms with E-state index in [0.717, 1.165) is 75.6 Å². The molecule has 318 valence electrons. The molecule has 0 saturated heterocycles. The molecule has 0 bridgehead atoms. The van der Waals surface area contributed by atoms with Gasteiger partial charge in [-0.2, -0.15) is 0 Å². The van der Waals surface area contributed by atoms with E-state index < -0.39 is 34.0 Å². The molecule has 0 spiro atoms. The Hall–Kier alpha value is -4.16. The van der Waals surface area contributed by atoms with Gasteiger partial charge in [0.05, 0.1) is 0 Å². The third-order valence-electron chi connectivity index (χ3n) is 14.4. The fraction of sp³-hybridized carbons (Fsp3) is 0.652. The molecular weight excluding hydrogens is 737 g/mol. The summed E-state index contributed by atoms with van der Waals surface area (Å²) < 4.78 is 13.2. The molecule has 2 N–H and O–H groups in total. The molecule has 0 aliphatic heterocycles. The summed E-state index contributed by atoms with van der Waals surface area (Å²) in [5.74, 6) is -0.987. The minimum absolute atomic E-state index is 0.000933. The SMILES string of the molecule is CN(C)CCON=C[C@H]1CC[C@]2(OC(=O)C(=O)O[C@]34CC[C@H](C=NOCCN(C)C)[C@@]3(C)CC[C@H](Cc3ccc(O)cc3)C4)C[C@@H](Cc3ccc(O)cc3)CC[C@]12C. The standard InChI is InChI=1S/C46H66N4O8/c1-43-19-15-35(27-33-7-11-39(51)12-8-33)29-45(43,21-17-37(43)31-47-55-25-23-49(3)4)57-41(53)42(54)58-46-22-18-38(32-48-56-26-24-50(5)6)44(46,2)20-16-36(30-46)28-34-9-13-40(52)14-10-34/h7-14,31-32,35-38,51-52H,15-30H2,1-6H3/t35-,36-,37-,38-,43-,44-,45+,46+/m1/s1. The molecule has 0 radical (unpaired) electrons. The number of hydrogen-bond donors (Lipinski definition) is 2. The van der Waals surface area contributed by atoms with E-state index in [0.29, 0.717) is 38.9 Å². The van der Waals surface area contributed by atoms with E-state index in [1.807, 2.05) is 74.7 Å². The summed E-state index contributed by atoms with van der Waals surface area (Å²) in [5, 5.41) is 28.5. The first-order chi connectivity index (χ1) is 27.7. The van der Waals surface area contributed by atoms with E-state index in [2.05, 4.69) is 24.2 Å². The van der Waals surface area contributed by atoms with E-state index in [1.54, 1.807) is 24.3 Å². The number of likely N-dealkylation sites (N-methyl/N-ethyl adjacent to an activating group) is 2. The van der Waals surface area contributed by atoms with Crippen molar-refractivity contribution in [3.8, 4) is 11.5 Å². The smallest absolute Gasteiger partial charge is 0.418 e. The molecule has 4 fully saturated rings. The second-order valence-corrected chi connectivity index (χ2v) is 18.6. The van der Waals surface area contributed by atoms with Crippen LogP contribution in [0.25, 0.3) is 0 Å². The van der Waals surface area contributed by atoms with E-state index in [-0.39, 0.29) is 35.2 Å². The van der Waals surface area contributed by atoms with Crippen LogP contribution in [0.15, 0.2) is 58.8 Å². The zero-order valence-electron chi connectivity index (χ0n) is 35.5. The number of aromatic hydroxyl groups is 2. The topological polar surface area (TPSA) is 143 Å². The maximum atomic E-state index is 14.3. The molecule has 2 aromatic rings. The molecule has 4 aliphatic rings. The average Bonchev–Trinajstić information content (AvgIpc) is 3.62. The van der Waals surface area contributed by atoms with Gasteiger partial charge >= 0.3 is 11.9 Å². The Morgan fingerprint density at radius 2 is 1.02 bits per heavy atom. The Morgan fingerprint density at radius 3 is 1.38 bits per heavy atom. The Labute approximate surface area is 344 Å². The normalized spacial score (nSPS) is 32.1. The lowest BCUT2D eigenvalue weighted by Crippen LogP contribution is -2.56. The van der Waals surface area contributed by atoms with Crippen molar-refractivity contribution in [3.63, 3.8) is 0 Å². The van der Waals surface area contributed by atoms with Gasteiger partial charge in [-0.05, 0) is 152 Å². The number of carbonyl (C=O) groups is 2. The number of hydrogen-bond acceptors (Lipinski definition) is 12. The number of esters is 2. The van der Waals surface area contributed by atoms with Crippen molar-refractivity contribution in [2.24, 2.45) is 44.8 Å². The first-order valence-electron chi connectivity index (χ1n) is 21.3. The van der Waals surface area contributed by atoms with Gasteiger partial charge in [-0.15, -0.1) is 0 Å². The van der Waals surface area contributed by atoms with E-state index in [1.165, 1.54) is 0 Å². The molecule has 12 heteroatoms. The summed E-state index contributed by atoms with van der Waals surface area (Å²) in [4.78, 5) is 44.0. The molecule has 0 aromatic heterocycles. The van der Waals surface area contributed by atoms with Gasteiger partial charge in [0.25, 0.3) is 0 Å². The van der Waals surface area contributed by atoms with Crippen LogP contribution in [0.3, 0.4) is 0 Å². The molecule has 58 heavy (non-hydrogen) atoms. The van der Waals surface area contributed by atoms with Crippen molar-refractivity contribution >= 4 is 24.4 Å². The van der Waals surface area contributed by atoms with Gasteiger partial charge in [0.1, 0.15) is 35.9 Å². The molecular formula is C46H66N4O8. The summed E-state index contributed by atoms with van der Waals surface area (Å²) in [5.41, 5.74) is -0.496. The van der Waals surface area contributed by atoms with Gasteiger partial charge in [-0.3, -0.25) is 0 Å². The van der Waals surface area contributed by atoms with Crippen molar-refractivity contribution in [2.45, 2.75) is 102 Å². The maximum absolute atomic E-state index is 14.3. The Balaban J connectivity index is 1.22. The first-order valence-corrected chi connectivity index (χ1v) is 21.3. The van der Waals surface area contributed by atoms with Crippen LogP contribution in [-0.2, 0) is 41.6 Å². The number of phenols is 2. The van der Waals surface area contributed by atoms with Crippen molar-refractivity contribution in [1.29, 1.82) is 0 Å². The molecule has 0 unspecified atom stereocenters. The third-order valence-corrected chi connectivity index (χ3v) is 14.4. The lowest BCUT2D eigenvalue weighted by atomic mass is 9.59. The van der Waals surface area contributed by atoms with Crippen molar-refractivity contribution in [1.82, 2.24) is 9.80 Å². The second kappa shape index (κ2) is 18.4. The zero-order chi connectivity index (χ0) is 41.6. The number of oxime groups is 2. The van der Waals surface area contributed by atoms with Crippen LogP contribution in [0.4, 0.5) is 0 Å². The average molecular weight is 803 g/mol. The quantitative estimate of drug-likeness (QED) is 0.0599. The van der Waals surface area contributed by atoms with Gasteiger partial charge in [0, 0.05) is 48.2 Å². The molecule has 0 heterocycles. The van der Waals surface area contributed by atoms with E-state index in [4.69, 9.17) is 19.1 Å². The first kappa shape index (κ1) is 43.4. The van der Waals surface area contributed by atoms with Crippen LogP contribution in [0, 0.1) is 34.5 Å². The van der Waals surface area contributed by atoms with Crippen molar-refractivity contribution in [2.75, 3.05) is 54.5 Å². The van der Waals surface area contributed by atoms with Crippen LogP contribution < -0.4 is 0 Å². The van der Waals surface area contributed by atoms with Crippen LogP contribution in [-0.4, -0.2) is 110 Å². The Bertz CT molecular complexity index is 1620. The monoisotopic (exact) mass is 802 g/mol. The van der Waals surface area contributed by atoms with Gasteiger partial charge < -0.3 is 39.2 Å². The van der Waals surface area contributed by atoms with Crippen molar-refractivity contribution in [3.05, 3.63) is 59.7 Å².